The minimum Gasteiger partial charge on any atom is -0.490 e. The number of carbonyl (C=O) groups is 2. The third-order valence-electron chi connectivity index (χ3n) is 4.20. The number of rotatable bonds is 5. The maximum absolute atomic E-state index is 12.5. The number of amides is 2. The molecule has 0 aromatic heterocycles. The molecule has 0 bridgehead atoms. The van der Waals surface area contributed by atoms with Crippen molar-refractivity contribution in [2.24, 2.45) is 0 Å². The highest BCUT2D eigenvalue weighted by Gasteiger charge is 2.41. The maximum Gasteiger partial charge on any atom is 0.311 e. The summed E-state index contributed by atoms with van der Waals surface area (Å²) in [6.07, 6.45) is 0. The molecular formula is C17H15N3O7S. The molecule has 0 fully saturated rings. The molecule has 1 aliphatic rings. The molecule has 2 aromatic rings. The van der Waals surface area contributed by atoms with Crippen LogP contribution in [-0.4, -0.2) is 43.1 Å². The average molecular weight is 405 g/mol. The molecule has 2 aromatic carbocycles. The number of anilines is 1. The molecule has 2 amide bonds. The highest BCUT2D eigenvalue weighted by atomic mass is 32.2. The monoisotopic (exact) mass is 405 g/mol. The van der Waals surface area contributed by atoms with Gasteiger partial charge in [0.1, 0.15) is 11.4 Å². The van der Waals surface area contributed by atoms with Crippen LogP contribution >= 0.6 is 0 Å². The van der Waals surface area contributed by atoms with Gasteiger partial charge in [-0.25, -0.2) is 12.7 Å². The molecule has 0 saturated heterocycles. The summed E-state index contributed by atoms with van der Waals surface area (Å²) in [5.74, 6) is -1.63. The molecule has 0 radical (unpaired) electrons. The van der Waals surface area contributed by atoms with Crippen LogP contribution in [0.3, 0.4) is 0 Å². The van der Waals surface area contributed by atoms with Crippen LogP contribution in [0.15, 0.2) is 41.3 Å². The Labute approximate surface area is 159 Å². The van der Waals surface area contributed by atoms with Crippen molar-refractivity contribution in [2.45, 2.75) is 11.8 Å². The Hall–Kier alpha value is -3.47. The first kappa shape index (κ1) is 19.3. The SMILES string of the molecule is COc1cc(NC(=O)CN2C(=O)c3ccccc3S2(=O)=O)c(C)cc1[N+](=O)[O-]. The zero-order valence-electron chi connectivity index (χ0n) is 14.8. The molecule has 0 spiro atoms. The van der Waals surface area contributed by atoms with Gasteiger partial charge in [-0.05, 0) is 24.6 Å². The van der Waals surface area contributed by atoms with Crippen molar-refractivity contribution in [1.82, 2.24) is 4.31 Å². The molecule has 0 saturated carbocycles. The summed E-state index contributed by atoms with van der Waals surface area (Å²) < 4.78 is 30.4. The van der Waals surface area contributed by atoms with E-state index in [-0.39, 0.29) is 27.6 Å². The van der Waals surface area contributed by atoms with Crippen molar-refractivity contribution in [2.75, 3.05) is 19.0 Å². The summed E-state index contributed by atoms with van der Waals surface area (Å²) in [4.78, 5) is 35.0. The number of nitrogens with zero attached hydrogens (tertiary/aromatic N) is 2. The number of hydrogen-bond acceptors (Lipinski definition) is 7. The smallest absolute Gasteiger partial charge is 0.311 e. The molecule has 28 heavy (non-hydrogen) atoms. The van der Waals surface area contributed by atoms with Crippen LogP contribution in [0.5, 0.6) is 5.75 Å². The number of sulfonamides is 1. The van der Waals surface area contributed by atoms with E-state index in [1.54, 1.807) is 0 Å². The first-order valence-corrected chi connectivity index (χ1v) is 9.39. The van der Waals surface area contributed by atoms with Gasteiger partial charge in [0.05, 0.1) is 17.6 Å². The van der Waals surface area contributed by atoms with E-state index in [9.17, 15) is 28.1 Å². The number of fused-ring (bicyclic) bond motifs is 1. The minimum atomic E-state index is -4.11. The Balaban J connectivity index is 1.84. The maximum atomic E-state index is 12.5. The number of aryl methyl sites for hydroxylation is 1. The third-order valence-corrected chi connectivity index (χ3v) is 5.98. The molecule has 1 heterocycles. The predicted molar refractivity (Wildman–Crippen MR) is 97.7 cm³/mol. The topological polar surface area (TPSA) is 136 Å². The zero-order chi connectivity index (χ0) is 20.6. The van der Waals surface area contributed by atoms with Crippen LogP contribution in [0, 0.1) is 17.0 Å². The van der Waals surface area contributed by atoms with Gasteiger partial charge in [-0.1, -0.05) is 12.1 Å². The molecule has 0 aliphatic carbocycles. The zero-order valence-corrected chi connectivity index (χ0v) is 15.6. The first-order valence-electron chi connectivity index (χ1n) is 7.95. The van der Waals surface area contributed by atoms with E-state index in [1.165, 1.54) is 50.4 Å². The molecular weight excluding hydrogens is 390 g/mol. The van der Waals surface area contributed by atoms with E-state index in [4.69, 9.17) is 4.74 Å². The fraction of sp³-hybridized carbons (Fsp3) is 0.176. The van der Waals surface area contributed by atoms with Crippen LogP contribution in [-0.2, 0) is 14.8 Å². The van der Waals surface area contributed by atoms with Gasteiger partial charge in [0.15, 0.2) is 5.75 Å². The fourth-order valence-corrected chi connectivity index (χ4v) is 4.35. The number of nitro benzene ring substituents is 1. The van der Waals surface area contributed by atoms with Gasteiger partial charge in [-0.3, -0.25) is 19.7 Å². The van der Waals surface area contributed by atoms with Gasteiger partial charge >= 0.3 is 5.69 Å². The summed E-state index contributed by atoms with van der Waals surface area (Å²) in [7, 11) is -2.87. The lowest BCUT2D eigenvalue weighted by molar-refractivity contribution is -0.385. The lowest BCUT2D eigenvalue weighted by Gasteiger charge is -2.16. The van der Waals surface area contributed by atoms with Crippen LogP contribution in [0.4, 0.5) is 11.4 Å². The van der Waals surface area contributed by atoms with Crippen molar-refractivity contribution in [3.8, 4) is 5.75 Å². The molecule has 3 rings (SSSR count). The number of ether oxygens (including phenoxy) is 1. The van der Waals surface area contributed by atoms with Crippen LogP contribution in [0.2, 0.25) is 0 Å². The Morgan fingerprint density at radius 2 is 1.96 bits per heavy atom. The number of carbonyl (C=O) groups excluding carboxylic acids is 2. The molecule has 0 atom stereocenters. The number of nitrogens with one attached hydrogen (secondary N) is 1. The largest absolute Gasteiger partial charge is 0.490 e. The van der Waals surface area contributed by atoms with Crippen LogP contribution in [0.1, 0.15) is 15.9 Å². The highest BCUT2D eigenvalue weighted by Crippen LogP contribution is 2.33. The van der Waals surface area contributed by atoms with Crippen molar-refractivity contribution in [1.29, 1.82) is 0 Å². The standard InChI is InChI=1S/C17H15N3O7S/c1-10-7-13(20(23)24)14(27-2)8-12(10)18-16(21)9-19-17(22)11-5-3-4-6-15(11)28(19,25)26/h3-8H,9H2,1-2H3,(H,18,21). The van der Waals surface area contributed by atoms with Crippen molar-refractivity contribution in [3.05, 3.63) is 57.6 Å². The molecule has 10 nitrogen and oxygen atoms in total. The van der Waals surface area contributed by atoms with E-state index in [0.717, 1.165) is 0 Å². The molecule has 146 valence electrons. The second-order valence-electron chi connectivity index (χ2n) is 5.96. The predicted octanol–water partition coefficient (Wildman–Crippen LogP) is 1.70. The number of nitro groups is 1. The summed E-state index contributed by atoms with van der Waals surface area (Å²) in [5.41, 5.74) is 0.308. The van der Waals surface area contributed by atoms with E-state index >= 15 is 0 Å². The number of methoxy groups -OCH3 is 1. The van der Waals surface area contributed by atoms with Crippen LogP contribution < -0.4 is 10.1 Å². The Kier molecular flexibility index (Phi) is 4.77. The second kappa shape index (κ2) is 6.93. The number of hydrogen-bond donors (Lipinski definition) is 1. The average Bonchev–Trinajstić information content (AvgIpc) is 2.84. The van der Waals surface area contributed by atoms with Gasteiger partial charge in [-0.2, -0.15) is 0 Å². The molecule has 1 aliphatic heterocycles. The summed E-state index contributed by atoms with van der Waals surface area (Å²) >= 11 is 0. The van der Waals surface area contributed by atoms with Crippen molar-refractivity contribution in [3.63, 3.8) is 0 Å². The second-order valence-corrected chi connectivity index (χ2v) is 7.79. The molecule has 0 unspecified atom stereocenters. The Bertz CT molecular complexity index is 1110. The van der Waals surface area contributed by atoms with Gasteiger partial charge in [0.25, 0.3) is 15.9 Å². The van der Waals surface area contributed by atoms with Crippen LogP contribution in [0.25, 0.3) is 0 Å². The Morgan fingerprint density at radius 1 is 1.29 bits per heavy atom. The van der Waals surface area contributed by atoms with E-state index in [2.05, 4.69) is 5.32 Å². The first-order chi connectivity index (χ1) is 13.2. The summed E-state index contributed by atoms with van der Waals surface area (Å²) in [5, 5.41) is 13.5. The summed E-state index contributed by atoms with van der Waals surface area (Å²) in [6.45, 7) is 0.810. The van der Waals surface area contributed by atoms with Gasteiger partial charge in [-0.15, -0.1) is 0 Å². The summed E-state index contributed by atoms with van der Waals surface area (Å²) in [6, 6.07) is 8.18. The quantitative estimate of drug-likeness (QED) is 0.590. The van der Waals surface area contributed by atoms with Gasteiger partial charge in [0.2, 0.25) is 5.91 Å². The third kappa shape index (κ3) is 3.16. The minimum absolute atomic E-state index is 0.00323. The highest BCUT2D eigenvalue weighted by molar-refractivity contribution is 7.90. The lowest BCUT2D eigenvalue weighted by Crippen LogP contribution is -2.37. The van der Waals surface area contributed by atoms with Gasteiger partial charge < -0.3 is 10.1 Å². The van der Waals surface area contributed by atoms with E-state index in [1.807, 2.05) is 0 Å². The van der Waals surface area contributed by atoms with Gasteiger partial charge in [0, 0.05) is 17.8 Å². The lowest BCUT2D eigenvalue weighted by atomic mass is 10.1. The molecule has 11 heteroatoms. The van der Waals surface area contributed by atoms with E-state index < -0.39 is 33.3 Å². The fourth-order valence-electron chi connectivity index (χ4n) is 2.82. The van der Waals surface area contributed by atoms with E-state index in [0.29, 0.717) is 9.87 Å². The van der Waals surface area contributed by atoms with Crippen molar-refractivity contribution >= 4 is 33.2 Å². The normalized spacial score (nSPS) is 14.5. The Morgan fingerprint density at radius 3 is 2.57 bits per heavy atom. The van der Waals surface area contributed by atoms with Crippen molar-refractivity contribution < 1.29 is 27.7 Å². The number of benzene rings is 2. The molecule has 1 N–H and O–H groups in total.